The normalized spacial score (nSPS) is 10.9. The molecule has 1 aromatic carbocycles. The van der Waals surface area contributed by atoms with Crippen LogP contribution in [-0.2, 0) is 4.74 Å². The first-order valence-electron chi connectivity index (χ1n) is 8.06. The number of methoxy groups -OCH3 is 1. The Morgan fingerprint density at radius 1 is 1.16 bits per heavy atom. The third-order valence-corrected chi connectivity index (χ3v) is 3.88. The van der Waals surface area contributed by atoms with Crippen molar-refractivity contribution in [2.45, 2.75) is 26.7 Å². The molecular weight excluding hydrogens is 316 g/mol. The van der Waals surface area contributed by atoms with E-state index in [1.165, 1.54) is 13.4 Å². The molecule has 0 aliphatic heterocycles. The van der Waals surface area contributed by atoms with Gasteiger partial charge in [-0.2, -0.15) is 5.10 Å². The van der Waals surface area contributed by atoms with Gasteiger partial charge in [0.15, 0.2) is 0 Å². The zero-order chi connectivity index (χ0) is 18.0. The molecule has 25 heavy (non-hydrogen) atoms. The molecule has 6 nitrogen and oxygen atoms in total. The van der Waals surface area contributed by atoms with Gasteiger partial charge in [0.05, 0.1) is 24.1 Å². The number of rotatable bonds is 4. The van der Waals surface area contributed by atoms with Gasteiger partial charge in [-0.15, -0.1) is 0 Å². The Balaban J connectivity index is 2.18. The van der Waals surface area contributed by atoms with E-state index in [1.54, 1.807) is 23.0 Å². The number of aromatic nitrogens is 4. The van der Waals surface area contributed by atoms with Crippen LogP contribution in [0.5, 0.6) is 0 Å². The summed E-state index contributed by atoms with van der Waals surface area (Å²) in [5, 5.41) is 4.32. The molecule has 0 fully saturated rings. The topological polar surface area (TPSA) is 69.9 Å². The van der Waals surface area contributed by atoms with Crippen molar-refractivity contribution in [2.75, 3.05) is 7.11 Å². The van der Waals surface area contributed by atoms with E-state index in [2.05, 4.69) is 15.1 Å². The maximum atomic E-state index is 12.1. The van der Waals surface area contributed by atoms with Crippen molar-refractivity contribution in [3.05, 3.63) is 59.8 Å². The molecule has 0 saturated heterocycles. The minimum absolute atomic E-state index is 0.199. The van der Waals surface area contributed by atoms with E-state index in [0.717, 1.165) is 28.3 Å². The molecular formula is C19H20N4O2. The van der Waals surface area contributed by atoms with Crippen molar-refractivity contribution in [3.63, 3.8) is 0 Å². The standard InChI is InChI=1S/C19H20N4O2/c1-12(2)18-21-11-22-23(18)16-8-14(7-15(9-16)19(24)25-4)17-6-5-13(3)10-20-17/h5-12H,1-4H3. The highest BCUT2D eigenvalue weighted by Crippen LogP contribution is 2.25. The zero-order valence-corrected chi connectivity index (χ0v) is 14.7. The molecule has 0 bridgehead atoms. The fraction of sp³-hybridized carbons (Fsp3) is 0.263. The third-order valence-electron chi connectivity index (χ3n) is 3.88. The number of carbonyl (C=O) groups excluding carboxylic acids is 1. The Kier molecular flexibility index (Phi) is 4.61. The Labute approximate surface area is 146 Å². The van der Waals surface area contributed by atoms with Crippen LogP contribution in [0.25, 0.3) is 16.9 Å². The van der Waals surface area contributed by atoms with E-state index in [1.807, 2.05) is 39.0 Å². The number of carbonyl (C=O) groups is 1. The fourth-order valence-electron chi connectivity index (χ4n) is 2.60. The summed E-state index contributed by atoms with van der Waals surface area (Å²) in [6.07, 6.45) is 3.32. The quantitative estimate of drug-likeness (QED) is 0.682. The van der Waals surface area contributed by atoms with Crippen LogP contribution >= 0.6 is 0 Å². The highest BCUT2D eigenvalue weighted by Gasteiger charge is 2.15. The zero-order valence-electron chi connectivity index (χ0n) is 14.7. The summed E-state index contributed by atoms with van der Waals surface area (Å²) in [4.78, 5) is 20.9. The van der Waals surface area contributed by atoms with E-state index < -0.39 is 5.97 Å². The van der Waals surface area contributed by atoms with Gasteiger partial charge in [0.2, 0.25) is 0 Å². The molecule has 0 amide bonds. The first-order valence-corrected chi connectivity index (χ1v) is 8.06. The van der Waals surface area contributed by atoms with Crippen LogP contribution in [0.3, 0.4) is 0 Å². The molecule has 6 heteroatoms. The van der Waals surface area contributed by atoms with Gasteiger partial charge in [0, 0.05) is 17.7 Å². The van der Waals surface area contributed by atoms with Crippen LogP contribution < -0.4 is 0 Å². The molecule has 0 aliphatic rings. The SMILES string of the molecule is COC(=O)c1cc(-c2ccc(C)cn2)cc(-n2ncnc2C(C)C)c1. The van der Waals surface area contributed by atoms with Crippen LogP contribution in [-0.4, -0.2) is 32.8 Å². The van der Waals surface area contributed by atoms with Gasteiger partial charge in [0.25, 0.3) is 0 Å². The second kappa shape index (κ2) is 6.84. The fourth-order valence-corrected chi connectivity index (χ4v) is 2.60. The molecule has 0 saturated carbocycles. The smallest absolute Gasteiger partial charge is 0.337 e. The summed E-state index contributed by atoms with van der Waals surface area (Å²) < 4.78 is 6.64. The van der Waals surface area contributed by atoms with E-state index in [4.69, 9.17) is 4.74 Å². The van der Waals surface area contributed by atoms with Crippen LogP contribution in [0.15, 0.2) is 42.9 Å². The summed E-state index contributed by atoms with van der Waals surface area (Å²) in [6, 6.07) is 9.40. The van der Waals surface area contributed by atoms with E-state index in [0.29, 0.717) is 5.56 Å². The highest BCUT2D eigenvalue weighted by molar-refractivity contribution is 5.91. The Hall–Kier alpha value is -3.02. The Morgan fingerprint density at radius 3 is 2.60 bits per heavy atom. The van der Waals surface area contributed by atoms with E-state index in [-0.39, 0.29) is 5.92 Å². The van der Waals surface area contributed by atoms with Crippen LogP contribution in [0.2, 0.25) is 0 Å². The van der Waals surface area contributed by atoms with Gasteiger partial charge in [-0.05, 0) is 36.8 Å². The number of esters is 1. The average molecular weight is 336 g/mol. The Bertz CT molecular complexity index is 898. The predicted molar refractivity (Wildman–Crippen MR) is 94.8 cm³/mol. The molecule has 3 aromatic rings. The monoisotopic (exact) mass is 336 g/mol. The molecule has 2 aromatic heterocycles. The van der Waals surface area contributed by atoms with Gasteiger partial charge in [-0.25, -0.2) is 14.5 Å². The van der Waals surface area contributed by atoms with Gasteiger partial charge in [-0.3, -0.25) is 4.98 Å². The Morgan fingerprint density at radius 2 is 1.96 bits per heavy atom. The van der Waals surface area contributed by atoms with Crippen molar-refractivity contribution < 1.29 is 9.53 Å². The lowest BCUT2D eigenvalue weighted by atomic mass is 10.0. The second-order valence-corrected chi connectivity index (χ2v) is 6.17. The third kappa shape index (κ3) is 3.42. The summed E-state index contributed by atoms with van der Waals surface area (Å²) in [5.74, 6) is 0.622. The molecule has 0 radical (unpaired) electrons. The van der Waals surface area contributed by atoms with Crippen LogP contribution in [0.4, 0.5) is 0 Å². The molecule has 0 spiro atoms. The first kappa shape index (κ1) is 16.8. The molecule has 0 N–H and O–H groups in total. The summed E-state index contributed by atoms with van der Waals surface area (Å²) in [5.41, 5.74) is 3.88. The first-order chi connectivity index (χ1) is 12.0. The second-order valence-electron chi connectivity index (χ2n) is 6.17. The highest BCUT2D eigenvalue weighted by atomic mass is 16.5. The summed E-state index contributed by atoms with van der Waals surface area (Å²) in [6.45, 7) is 6.08. The number of hydrogen-bond acceptors (Lipinski definition) is 5. The number of nitrogens with zero attached hydrogens (tertiary/aromatic N) is 4. The lowest BCUT2D eigenvalue weighted by Crippen LogP contribution is -2.08. The van der Waals surface area contributed by atoms with Gasteiger partial charge < -0.3 is 4.74 Å². The van der Waals surface area contributed by atoms with Gasteiger partial charge in [0.1, 0.15) is 12.2 Å². The molecule has 2 heterocycles. The molecule has 0 aliphatic carbocycles. The lowest BCUT2D eigenvalue weighted by Gasteiger charge is -2.12. The molecule has 0 atom stereocenters. The lowest BCUT2D eigenvalue weighted by molar-refractivity contribution is 0.0600. The van der Waals surface area contributed by atoms with Crippen molar-refractivity contribution in [1.29, 1.82) is 0 Å². The molecule has 3 rings (SSSR count). The van der Waals surface area contributed by atoms with Crippen molar-refractivity contribution in [3.8, 4) is 16.9 Å². The predicted octanol–water partition coefficient (Wildman–Crippen LogP) is 3.55. The maximum absolute atomic E-state index is 12.1. The van der Waals surface area contributed by atoms with E-state index in [9.17, 15) is 4.79 Å². The minimum atomic E-state index is -0.401. The van der Waals surface area contributed by atoms with E-state index >= 15 is 0 Å². The van der Waals surface area contributed by atoms with Gasteiger partial charge in [-0.1, -0.05) is 19.9 Å². The molecule has 0 unspecified atom stereocenters. The van der Waals surface area contributed by atoms with Crippen LogP contribution in [0, 0.1) is 6.92 Å². The number of ether oxygens (including phenoxy) is 1. The number of aryl methyl sites for hydroxylation is 1. The molecule has 128 valence electrons. The largest absolute Gasteiger partial charge is 0.465 e. The van der Waals surface area contributed by atoms with Crippen molar-refractivity contribution in [1.82, 2.24) is 19.7 Å². The summed E-state index contributed by atoms with van der Waals surface area (Å²) >= 11 is 0. The maximum Gasteiger partial charge on any atom is 0.337 e. The van der Waals surface area contributed by atoms with Crippen molar-refractivity contribution >= 4 is 5.97 Å². The number of hydrogen-bond donors (Lipinski definition) is 0. The van der Waals surface area contributed by atoms with Crippen molar-refractivity contribution in [2.24, 2.45) is 0 Å². The average Bonchev–Trinajstić information content (AvgIpc) is 3.11. The number of benzene rings is 1. The van der Waals surface area contributed by atoms with Gasteiger partial charge >= 0.3 is 5.97 Å². The number of pyridine rings is 1. The minimum Gasteiger partial charge on any atom is -0.465 e. The van der Waals surface area contributed by atoms with Crippen LogP contribution in [0.1, 0.15) is 41.5 Å². The summed E-state index contributed by atoms with van der Waals surface area (Å²) in [7, 11) is 1.37.